The molecule has 0 radical (unpaired) electrons. The van der Waals surface area contributed by atoms with Crippen molar-refractivity contribution in [1.82, 2.24) is 0 Å². The fourth-order valence-electron chi connectivity index (χ4n) is 1.61. The SMILES string of the molecule is CC(C)(C)OC(=O)Nc1ccc(C(O)CCN)c(Cl)c1. The molecule has 0 aromatic heterocycles. The van der Waals surface area contributed by atoms with Gasteiger partial charge in [0, 0.05) is 10.7 Å². The van der Waals surface area contributed by atoms with Crippen molar-refractivity contribution in [3.05, 3.63) is 28.8 Å². The maximum absolute atomic E-state index is 11.6. The molecular formula is C14H21ClN2O3. The lowest BCUT2D eigenvalue weighted by Gasteiger charge is -2.20. The van der Waals surface area contributed by atoms with E-state index in [4.69, 9.17) is 22.1 Å². The molecule has 0 bridgehead atoms. The van der Waals surface area contributed by atoms with E-state index in [1.165, 1.54) is 0 Å². The molecule has 0 saturated carbocycles. The Hall–Kier alpha value is -1.30. The zero-order chi connectivity index (χ0) is 15.3. The van der Waals surface area contributed by atoms with E-state index in [1.807, 2.05) is 0 Å². The van der Waals surface area contributed by atoms with Crippen LogP contribution in [0.2, 0.25) is 5.02 Å². The van der Waals surface area contributed by atoms with Crippen molar-refractivity contribution >= 4 is 23.4 Å². The number of benzene rings is 1. The van der Waals surface area contributed by atoms with Crippen LogP contribution in [0.3, 0.4) is 0 Å². The van der Waals surface area contributed by atoms with E-state index >= 15 is 0 Å². The van der Waals surface area contributed by atoms with E-state index in [1.54, 1.807) is 39.0 Å². The molecule has 0 aliphatic carbocycles. The lowest BCUT2D eigenvalue weighted by atomic mass is 10.1. The van der Waals surface area contributed by atoms with Crippen molar-refractivity contribution in [3.8, 4) is 0 Å². The Morgan fingerprint density at radius 3 is 2.65 bits per heavy atom. The highest BCUT2D eigenvalue weighted by atomic mass is 35.5. The summed E-state index contributed by atoms with van der Waals surface area (Å²) in [4.78, 5) is 11.6. The van der Waals surface area contributed by atoms with Gasteiger partial charge in [-0.25, -0.2) is 4.79 Å². The monoisotopic (exact) mass is 300 g/mol. The zero-order valence-corrected chi connectivity index (χ0v) is 12.7. The van der Waals surface area contributed by atoms with Gasteiger partial charge in [-0.05, 0) is 51.4 Å². The number of ether oxygens (including phenoxy) is 1. The van der Waals surface area contributed by atoms with Crippen LogP contribution in [-0.2, 0) is 4.74 Å². The van der Waals surface area contributed by atoms with Gasteiger partial charge in [0.1, 0.15) is 5.60 Å². The third-order valence-electron chi connectivity index (χ3n) is 2.44. The van der Waals surface area contributed by atoms with E-state index < -0.39 is 17.8 Å². The Bertz CT molecular complexity index is 472. The summed E-state index contributed by atoms with van der Waals surface area (Å²) in [5.74, 6) is 0. The first-order chi connectivity index (χ1) is 9.23. The lowest BCUT2D eigenvalue weighted by Crippen LogP contribution is -2.27. The number of hydrogen-bond donors (Lipinski definition) is 3. The number of nitrogens with two attached hydrogens (primary N) is 1. The largest absolute Gasteiger partial charge is 0.444 e. The van der Waals surface area contributed by atoms with Gasteiger partial charge in [0.25, 0.3) is 0 Å². The summed E-state index contributed by atoms with van der Waals surface area (Å²) < 4.78 is 5.14. The topological polar surface area (TPSA) is 84.6 Å². The highest BCUT2D eigenvalue weighted by Crippen LogP contribution is 2.28. The molecule has 0 spiro atoms. The highest BCUT2D eigenvalue weighted by molar-refractivity contribution is 6.31. The number of rotatable bonds is 4. The molecule has 0 heterocycles. The Balaban J connectivity index is 2.75. The number of aliphatic hydroxyl groups excluding tert-OH is 1. The first-order valence-electron chi connectivity index (χ1n) is 6.40. The standard InChI is InChI=1S/C14H21ClN2O3/c1-14(2,3)20-13(19)17-9-4-5-10(11(15)8-9)12(18)6-7-16/h4-5,8,12,18H,6-7,16H2,1-3H3,(H,17,19). The van der Waals surface area contributed by atoms with E-state index in [9.17, 15) is 9.90 Å². The fraction of sp³-hybridized carbons (Fsp3) is 0.500. The summed E-state index contributed by atoms with van der Waals surface area (Å²) in [6, 6.07) is 4.89. The molecular weight excluding hydrogens is 280 g/mol. The predicted octanol–water partition coefficient (Wildman–Crippen LogP) is 3.07. The van der Waals surface area contributed by atoms with Gasteiger partial charge < -0.3 is 15.6 Å². The summed E-state index contributed by atoms with van der Waals surface area (Å²) in [6.45, 7) is 5.72. The normalized spacial score (nSPS) is 12.9. The molecule has 1 amide bonds. The smallest absolute Gasteiger partial charge is 0.412 e. The first-order valence-corrected chi connectivity index (χ1v) is 6.78. The quantitative estimate of drug-likeness (QED) is 0.798. The molecule has 4 N–H and O–H groups in total. The Labute approximate surface area is 124 Å². The molecule has 6 heteroatoms. The minimum absolute atomic E-state index is 0.370. The minimum Gasteiger partial charge on any atom is -0.444 e. The second-order valence-electron chi connectivity index (χ2n) is 5.46. The van der Waals surface area contributed by atoms with Crippen LogP contribution in [0, 0.1) is 0 Å². The van der Waals surface area contributed by atoms with Crippen molar-refractivity contribution in [2.24, 2.45) is 5.73 Å². The molecule has 0 aliphatic heterocycles. The first kappa shape index (κ1) is 16.8. The van der Waals surface area contributed by atoms with Crippen molar-refractivity contribution in [2.75, 3.05) is 11.9 Å². The Morgan fingerprint density at radius 2 is 2.15 bits per heavy atom. The van der Waals surface area contributed by atoms with Crippen LogP contribution < -0.4 is 11.1 Å². The van der Waals surface area contributed by atoms with Crippen LogP contribution in [-0.4, -0.2) is 23.3 Å². The van der Waals surface area contributed by atoms with Gasteiger partial charge in [-0.2, -0.15) is 0 Å². The molecule has 112 valence electrons. The third-order valence-corrected chi connectivity index (χ3v) is 2.77. The summed E-state index contributed by atoms with van der Waals surface area (Å²) in [5, 5.41) is 12.8. The predicted molar refractivity (Wildman–Crippen MR) is 79.9 cm³/mol. The Morgan fingerprint density at radius 1 is 1.50 bits per heavy atom. The van der Waals surface area contributed by atoms with Crippen molar-refractivity contribution in [2.45, 2.75) is 38.9 Å². The molecule has 0 saturated heterocycles. The highest BCUT2D eigenvalue weighted by Gasteiger charge is 2.17. The molecule has 1 unspecified atom stereocenters. The van der Waals surface area contributed by atoms with Crippen molar-refractivity contribution < 1.29 is 14.6 Å². The number of hydrogen-bond acceptors (Lipinski definition) is 4. The molecule has 1 aromatic rings. The number of carbonyl (C=O) groups excluding carboxylic acids is 1. The van der Waals surface area contributed by atoms with Crippen LogP contribution >= 0.6 is 11.6 Å². The molecule has 0 fully saturated rings. The molecule has 1 aromatic carbocycles. The van der Waals surface area contributed by atoms with Gasteiger partial charge >= 0.3 is 6.09 Å². The van der Waals surface area contributed by atoms with Crippen LogP contribution in [0.15, 0.2) is 18.2 Å². The second-order valence-corrected chi connectivity index (χ2v) is 5.86. The maximum Gasteiger partial charge on any atom is 0.412 e. The van der Waals surface area contributed by atoms with Gasteiger partial charge in [-0.1, -0.05) is 17.7 Å². The van der Waals surface area contributed by atoms with Gasteiger partial charge in [-0.3, -0.25) is 5.32 Å². The number of halogens is 1. The zero-order valence-electron chi connectivity index (χ0n) is 11.9. The van der Waals surface area contributed by atoms with Gasteiger partial charge in [0.15, 0.2) is 0 Å². The van der Waals surface area contributed by atoms with Gasteiger partial charge in [0.2, 0.25) is 0 Å². The maximum atomic E-state index is 11.6. The number of aliphatic hydroxyl groups is 1. The van der Waals surface area contributed by atoms with Crippen molar-refractivity contribution in [3.63, 3.8) is 0 Å². The van der Waals surface area contributed by atoms with E-state index in [0.29, 0.717) is 29.2 Å². The van der Waals surface area contributed by atoms with Crippen LogP contribution in [0.4, 0.5) is 10.5 Å². The molecule has 1 atom stereocenters. The van der Waals surface area contributed by atoms with Crippen LogP contribution in [0.25, 0.3) is 0 Å². The van der Waals surface area contributed by atoms with E-state index in [2.05, 4.69) is 5.32 Å². The lowest BCUT2D eigenvalue weighted by molar-refractivity contribution is 0.0636. The molecule has 20 heavy (non-hydrogen) atoms. The second kappa shape index (κ2) is 6.92. The summed E-state index contributed by atoms with van der Waals surface area (Å²) in [7, 11) is 0. The summed E-state index contributed by atoms with van der Waals surface area (Å²) >= 11 is 6.08. The Kier molecular flexibility index (Phi) is 5.80. The van der Waals surface area contributed by atoms with Crippen LogP contribution in [0.5, 0.6) is 0 Å². The average molecular weight is 301 g/mol. The summed E-state index contributed by atoms with van der Waals surface area (Å²) in [5.41, 5.74) is 5.93. The molecule has 1 rings (SSSR count). The number of anilines is 1. The van der Waals surface area contributed by atoms with Gasteiger partial charge in [0.05, 0.1) is 6.10 Å². The summed E-state index contributed by atoms with van der Waals surface area (Å²) in [6.07, 6.45) is -0.828. The molecule has 0 aliphatic rings. The van der Waals surface area contributed by atoms with Gasteiger partial charge in [-0.15, -0.1) is 0 Å². The van der Waals surface area contributed by atoms with E-state index in [-0.39, 0.29) is 0 Å². The number of amides is 1. The number of nitrogens with one attached hydrogen (secondary N) is 1. The fourth-order valence-corrected chi connectivity index (χ4v) is 1.92. The average Bonchev–Trinajstić information content (AvgIpc) is 2.26. The van der Waals surface area contributed by atoms with Crippen molar-refractivity contribution in [1.29, 1.82) is 0 Å². The third kappa shape index (κ3) is 5.36. The van der Waals surface area contributed by atoms with Crippen LogP contribution in [0.1, 0.15) is 38.9 Å². The minimum atomic E-state index is -0.705. The molecule has 5 nitrogen and oxygen atoms in total. The van der Waals surface area contributed by atoms with E-state index in [0.717, 1.165) is 0 Å². The number of carbonyl (C=O) groups is 1.